The summed E-state index contributed by atoms with van der Waals surface area (Å²) < 4.78 is 5.61. The molecule has 5 nitrogen and oxygen atoms in total. The number of pyridine rings is 1. The van der Waals surface area contributed by atoms with Crippen molar-refractivity contribution in [2.75, 3.05) is 32.8 Å². The monoisotopic (exact) mass is 361 g/mol. The maximum atomic E-state index is 12.3. The zero-order chi connectivity index (χ0) is 16.8. The van der Waals surface area contributed by atoms with Crippen LogP contribution in [0.5, 0.6) is 5.75 Å². The van der Waals surface area contributed by atoms with Crippen molar-refractivity contribution in [1.29, 1.82) is 0 Å². The number of aryl methyl sites for hydroxylation is 1. The van der Waals surface area contributed by atoms with Crippen LogP contribution in [-0.4, -0.2) is 53.5 Å². The molecule has 0 bridgehead atoms. The summed E-state index contributed by atoms with van der Waals surface area (Å²) in [6.45, 7) is 6.30. The zero-order valence-corrected chi connectivity index (χ0v) is 15.2. The first-order chi connectivity index (χ1) is 11.7. The van der Waals surface area contributed by atoms with Crippen LogP contribution < -0.4 is 4.74 Å². The maximum absolute atomic E-state index is 12.3. The molecular formula is C19H24ClN3O2. The molecule has 0 aliphatic carbocycles. The molecule has 2 aromatic rings. The standard InChI is InChI=1S/C19H23N3O2.ClH/c1-16-3-2-4-18(13-16)24-15-19(23)22-11-9-21(10-12-22)14-17-5-7-20-8-6-17;/h2-8,13H,9-12,14-15H2,1H3;1H. The smallest absolute Gasteiger partial charge is 0.260 e. The third kappa shape index (κ3) is 5.73. The summed E-state index contributed by atoms with van der Waals surface area (Å²) in [6, 6.07) is 11.8. The summed E-state index contributed by atoms with van der Waals surface area (Å²) in [4.78, 5) is 20.6. The SMILES string of the molecule is Cc1cccc(OCC(=O)N2CCN(Cc3ccncc3)CC2)c1.Cl. The average molecular weight is 362 g/mol. The van der Waals surface area contributed by atoms with E-state index in [1.54, 1.807) is 0 Å². The predicted molar refractivity (Wildman–Crippen MR) is 100 cm³/mol. The van der Waals surface area contributed by atoms with Crippen LogP contribution >= 0.6 is 12.4 Å². The molecule has 0 atom stereocenters. The molecule has 1 fully saturated rings. The van der Waals surface area contributed by atoms with Crippen LogP contribution in [0, 0.1) is 6.92 Å². The molecule has 1 aliphatic rings. The number of carbonyl (C=O) groups is 1. The number of amides is 1. The first kappa shape index (κ1) is 19.2. The second kappa shape index (κ2) is 9.39. The fourth-order valence-corrected chi connectivity index (χ4v) is 2.84. The maximum Gasteiger partial charge on any atom is 0.260 e. The molecule has 1 amide bonds. The molecule has 2 heterocycles. The van der Waals surface area contributed by atoms with Crippen LogP contribution in [-0.2, 0) is 11.3 Å². The minimum atomic E-state index is 0. The number of halogens is 1. The fourth-order valence-electron chi connectivity index (χ4n) is 2.84. The first-order valence-electron chi connectivity index (χ1n) is 8.29. The van der Waals surface area contributed by atoms with Crippen molar-refractivity contribution < 1.29 is 9.53 Å². The molecule has 6 heteroatoms. The number of hydrogen-bond acceptors (Lipinski definition) is 4. The molecule has 0 spiro atoms. The summed E-state index contributed by atoms with van der Waals surface area (Å²) in [5.41, 5.74) is 2.39. The Bertz CT molecular complexity index is 673. The van der Waals surface area contributed by atoms with E-state index in [1.165, 1.54) is 5.56 Å². The average Bonchev–Trinajstić information content (AvgIpc) is 2.61. The van der Waals surface area contributed by atoms with Gasteiger partial charge in [0.2, 0.25) is 0 Å². The Morgan fingerprint density at radius 2 is 1.84 bits per heavy atom. The van der Waals surface area contributed by atoms with E-state index in [0.29, 0.717) is 0 Å². The van der Waals surface area contributed by atoms with Crippen LogP contribution in [0.25, 0.3) is 0 Å². The molecule has 3 rings (SSSR count). The van der Waals surface area contributed by atoms with Crippen molar-refractivity contribution in [2.45, 2.75) is 13.5 Å². The van der Waals surface area contributed by atoms with Gasteiger partial charge in [0.15, 0.2) is 6.61 Å². The fraction of sp³-hybridized carbons (Fsp3) is 0.368. The van der Waals surface area contributed by atoms with E-state index >= 15 is 0 Å². The van der Waals surface area contributed by atoms with E-state index < -0.39 is 0 Å². The molecule has 0 radical (unpaired) electrons. The summed E-state index contributed by atoms with van der Waals surface area (Å²) in [6.07, 6.45) is 3.63. The Morgan fingerprint density at radius 3 is 2.52 bits per heavy atom. The van der Waals surface area contributed by atoms with Crippen molar-refractivity contribution in [3.63, 3.8) is 0 Å². The molecule has 1 aliphatic heterocycles. The van der Waals surface area contributed by atoms with Crippen LogP contribution in [0.1, 0.15) is 11.1 Å². The van der Waals surface area contributed by atoms with E-state index in [9.17, 15) is 4.79 Å². The number of benzene rings is 1. The zero-order valence-electron chi connectivity index (χ0n) is 14.4. The van der Waals surface area contributed by atoms with Gasteiger partial charge in [-0.1, -0.05) is 12.1 Å². The second-order valence-electron chi connectivity index (χ2n) is 6.12. The third-order valence-corrected chi connectivity index (χ3v) is 4.23. The van der Waals surface area contributed by atoms with Crippen molar-refractivity contribution in [3.05, 3.63) is 59.9 Å². The van der Waals surface area contributed by atoms with Crippen molar-refractivity contribution in [2.24, 2.45) is 0 Å². The summed E-state index contributed by atoms with van der Waals surface area (Å²) >= 11 is 0. The molecule has 0 unspecified atom stereocenters. The molecule has 1 aromatic heterocycles. The highest BCUT2D eigenvalue weighted by molar-refractivity contribution is 5.85. The minimum Gasteiger partial charge on any atom is -0.484 e. The van der Waals surface area contributed by atoms with Gasteiger partial charge in [-0.25, -0.2) is 0 Å². The van der Waals surface area contributed by atoms with E-state index in [1.807, 2.05) is 60.6 Å². The predicted octanol–water partition coefficient (Wildman–Crippen LogP) is 2.54. The number of ether oxygens (including phenoxy) is 1. The molecule has 134 valence electrons. The molecule has 0 saturated carbocycles. The summed E-state index contributed by atoms with van der Waals surface area (Å²) in [5.74, 6) is 0.805. The van der Waals surface area contributed by atoms with Gasteiger partial charge in [0, 0.05) is 45.1 Å². The van der Waals surface area contributed by atoms with Gasteiger partial charge in [-0.2, -0.15) is 0 Å². The highest BCUT2D eigenvalue weighted by atomic mass is 35.5. The number of piperazine rings is 1. The molecule has 0 N–H and O–H groups in total. The van der Waals surface area contributed by atoms with Gasteiger partial charge < -0.3 is 9.64 Å². The Kier molecular flexibility index (Phi) is 7.22. The van der Waals surface area contributed by atoms with Crippen molar-refractivity contribution in [3.8, 4) is 5.75 Å². The van der Waals surface area contributed by atoms with Gasteiger partial charge in [0.05, 0.1) is 0 Å². The van der Waals surface area contributed by atoms with Crippen LogP contribution in [0.15, 0.2) is 48.8 Å². The number of rotatable bonds is 5. The van der Waals surface area contributed by atoms with E-state index in [2.05, 4.69) is 9.88 Å². The lowest BCUT2D eigenvalue weighted by Gasteiger charge is -2.34. The van der Waals surface area contributed by atoms with Gasteiger partial charge in [-0.15, -0.1) is 12.4 Å². The van der Waals surface area contributed by atoms with Crippen LogP contribution in [0.4, 0.5) is 0 Å². The lowest BCUT2D eigenvalue weighted by molar-refractivity contribution is -0.135. The Morgan fingerprint density at radius 1 is 1.12 bits per heavy atom. The van der Waals surface area contributed by atoms with Gasteiger partial charge in [-0.3, -0.25) is 14.7 Å². The lowest BCUT2D eigenvalue weighted by Crippen LogP contribution is -2.49. The Balaban J connectivity index is 0.00000225. The summed E-state index contributed by atoms with van der Waals surface area (Å²) in [7, 11) is 0. The quantitative estimate of drug-likeness (QED) is 0.821. The van der Waals surface area contributed by atoms with E-state index in [4.69, 9.17) is 4.74 Å². The highest BCUT2D eigenvalue weighted by Gasteiger charge is 2.21. The number of hydrogen-bond donors (Lipinski definition) is 0. The topological polar surface area (TPSA) is 45.7 Å². The molecule has 1 aromatic carbocycles. The Labute approximate surface area is 155 Å². The number of nitrogens with zero attached hydrogens (tertiary/aromatic N) is 3. The van der Waals surface area contributed by atoms with Crippen molar-refractivity contribution in [1.82, 2.24) is 14.8 Å². The van der Waals surface area contributed by atoms with E-state index in [-0.39, 0.29) is 24.9 Å². The molecule has 25 heavy (non-hydrogen) atoms. The van der Waals surface area contributed by atoms with Crippen molar-refractivity contribution >= 4 is 18.3 Å². The van der Waals surface area contributed by atoms with Gasteiger partial charge in [0.1, 0.15) is 5.75 Å². The van der Waals surface area contributed by atoms with Crippen LogP contribution in [0.3, 0.4) is 0 Å². The lowest BCUT2D eigenvalue weighted by atomic mass is 10.2. The molecular weight excluding hydrogens is 338 g/mol. The summed E-state index contributed by atoms with van der Waals surface area (Å²) in [5, 5.41) is 0. The number of aromatic nitrogens is 1. The molecule has 1 saturated heterocycles. The largest absolute Gasteiger partial charge is 0.484 e. The van der Waals surface area contributed by atoms with Gasteiger partial charge in [-0.05, 0) is 42.3 Å². The van der Waals surface area contributed by atoms with Gasteiger partial charge in [0.25, 0.3) is 5.91 Å². The van der Waals surface area contributed by atoms with Crippen LogP contribution in [0.2, 0.25) is 0 Å². The second-order valence-corrected chi connectivity index (χ2v) is 6.12. The number of carbonyl (C=O) groups excluding carboxylic acids is 1. The Hall–Kier alpha value is -2.11. The first-order valence-corrected chi connectivity index (χ1v) is 8.29. The normalized spacial score (nSPS) is 14.7. The van der Waals surface area contributed by atoms with E-state index in [0.717, 1.165) is 44.0 Å². The van der Waals surface area contributed by atoms with Gasteiger partial charge >= 0.3 is 0 Å². The highest BCUT2D eigenvalue weighted by Crippen LogP contribution is 2.13. The third-order valence-electron chi connectivity index (χ3n) is 4.23. The minimum absolute atomic E-state index is 0.